The molecule has 0 saturated carbocycles. The second kappa shape index (κ2) is 6.05. The molecule has 0 aliphatic heterocycles. The number of halogens is 2. The van der Waals surface area contributed by atoms with E-state index in [0.29, 0.717) is 18.6 Å². The van der Waals surface area contributed by atoms with Crippen LogP contribution in [0, 0.1) is 5.82 Å². The number of hydrogen-bond donors (Lipinski definition) is 1. The first kappa shape index (κ1) is 12.4. The minimum absolute atomic E-state index is 0.0954. The molecule has 0 aliphatic carbocycles. The summed E-state index contributed by atoms with van der Waals surface area (Å²) in [4.78, 5) is 0. The highest BCUT2D eigenvalue weighted by atomic mass is 35.5. The van der Waals surface area contributed by atoms with Crippen molar-refractivity contribution in [3.8, 4) is 0 Å². The molecule has 0 heterocycles. The van der Waals surface area contributed by atoms with Gasteiger partial charge in [0.1, 0.15) is 5.82 Å². The van der Waals surface area contributed by atoms with Crippen molar-refractivity contribution < 1.29 is 14.2 Å². The van der Waals surface area contributed by atoms with Gasteiger partial charge in [-0.15, -0.1) is 0 Å². The lowest BCUT2D eigenvalue weighted by atomic mass is 10.1. The first-order valence-electron chi connectivity index (χ1n) is 4.83. The van der Waals surface area contributed by atoms with E-state index in [-0.39, 0.29) is 11.6 Å². The zero-order valence-electron chi connectivity index (χ0n) is 8.54. The van der Waals surface area contributed by atoms with Gasteiger partial charge in [-0.1, -0.05) is 17.7 Å². The number of benzene rings is 1. The van der Waals surface area contributed by atoms with Crippen molar-refractivity contribution in [3.63, 3.8) is 0 Å². The third kappa shape index (κ3) is 4.16. The molecule has 1 aromatic carbocycles. The van der Waals surface area contributed by atoms with Gasteiger partial charge in [0.05, 0.1) is 17.7 Å². The fourth-order valence-corrected chi connectivity index (χ4v) is 1.37. The molecule has 1 atom stereocenters. The van der Waals surface area contributed by atoms with Crippen LogP contribution in [0.25, 0.3) is 0 Å². The van der Waals surface area contributed by atoms with Crippen LogP contribution in [0.15, 0.2) is 18.2 Å². The summed E-state index contributed by atoms with van der Waals surface area (Å²) in [7, 11) is 0. The molecule has 0 bridgehead atoms. The Morgan fingerprint density at radius 2 is 2.27 bits per heavy atom. The predicted molar refractivity (Wildman–Crippen MR) is 57.6 cm³/mol. The zero-order chi connectivity index (χ0) is 11.3. The van der Waals surface area contributed by atoms with Gasteiger partial charge >= 0.3 is 0 Å². The van der Waals surface area contributed by atoms with Crippen molar-refractivity contribution >= 4 is 11.6 Å². The molecule has 1 rings (SSSR count). The van der Waals surface area contributed by atoms with E-state index in [1.165, 1.54) is 12.1 Å². The molecule has 15 heavy (non-hydrogen) atoms. The van der Waals surface area contributed by atoms with Crippen molar-refractivity contribution in [2.45, 2.75) is 19.4 Å². The largest absolute Gasteiger partial charge is 0.390 e. The van der Waals surface area contributed by atoms with Crippen molar-refractivity contribution in [2.75, 3.05) is 13.2 Å². The maximum atomic E-state index is 13.0. The van der Waals surface area contributed by atoms with Crippen LogP contribution in [0.4, 0.5) is 4.39 Å². The molecule has 0 amide bonds. The highest BCUT2D eigenvalue weighted by molar-refractivity contribution is 6.30. The predicted octanol–water partition coefficient (Wildman–Crippen LogP) is 2.42. The van der Waals surface area contributed by atoms with Gasteiger partial charge in [0.15, 0.2) is 0 Å². The zero-order valence-corrected chi connectivity index (χ0v) is 9.30. The Bertz CT molecular complexity index is 317. The van der Waals surface area contributed by atoms with Gasteiger partial charge in [-0.05, 0) is 24.6 Å². The standard InChI is InChI=1S/C11H14ClFO2/c1-2-15-7-9(14)5-8-3-4-10(12)11(13)6-8/h3-4,6,9,14H,2,5,7H2,1H3. The summed E-state index contributed by atoms with van der Waals surface area (Å²) in [5, 5.41) is 9.61. The summed E-state index contributed by atoms with van der Waals surface area (Å²) in [6, 6.07) is 4.51. The van der Waals surface area contributed by atoms with Crippen molar-refractivity contribution in [1.82, 2.24) is 0 Å². The average molecular weight is 233 g/mol. The van der Waals surface area contributed by atoms with E-state index in [1.54, 1.807) is 6.07 Å². The van der Waals surface area contributed by atoms with Gasteiger partial charge in [-0.3, -0.25) is 0 Å². The number of aliphatic hydroxyl groups is 1. The maximum absolute atomic E-state index is 13.0. The van der Waals surface area contributed by atoms with Gasteiger partial charge in [0.25, 0.3) is 0 Å². The van der Waals surface area contributed by atoms with Crippen LogP contribution in [0.3, 0.4) is 0 Å². The lowest BCUT2D eigenvalue weighted by molar-refractivity contribution is 0.0430. The van der Waals surface area contributed by atoms with E-state index in [2.05, 4.69) is 0 Å². The van der Waals surface area contributed by atoms with Crippen LogP contribution < -0.4 is 0 Å². The Morgan fingerprint density at radius 1 is 1.53 bits per heavy atom. The molecule has 1 aromatic rings. The second-order valence-corrected chi connectivity index (χ2v) is 3.67. The second-order valence-electron chi connectivity index (χ2n) is 3.27. The Balaban J connectivity index is 2.53. The Labute approximate surface area is 93.6 Å². The highest BCUT2D eigenvalue weighted by Crippen LogP contribution is 2.16. The molecule has 2 nitrogen and oxygen atoms in total. The first-order chi connectivity index (χ1) is 7.13. The van der Waals surface area contributed by atoms with Gasteiger partial charge in [0, 0.05) is 13.0 Å². The molecule has 1 N–H and O–H groups in total. The molecular formula is C11H14ClFO2. The summed E-state index contributed by atoms with van der Waals surface area (Å²) in [5.74, 6) is -0.460. The third-order valence-corrected chi connectivity index (χ3v) is 2.28. The summed E-state index contributed by atoms with van der Waals surface area (Å²) < 4.78 is 18.1. The van der Waals surface area contributed by atoms with Gasteiger partial charge in [-0.25, -0.2) is 4.39 Å². The molecule has 0 saturated heterocycles. The SMILES string of the molecule is CCOCC(O)Cc1ccc(Cl)c(F)c1. The summed E-state index contributed by atoms with van der Waals surface area (Å²) >= 11 is 5.54. The number of aliphatic hydroxyl groups excluding tert-OH is 1. The van der Waals surface area contributed by atoms with Gasteiger partial charge in [-0.2, -0.15) is 0 Å². The van der Waals surface area contributed by atoms with Crippen LogP contribution in [0.2, 0.25) is 5.02 Å². The molecule has 0 aromatic heterocycles. The summed E-state index contributed by atoms with van der Waals surface area (Å²) in [6.07, 6.45) is -0.237. The quantitative estimate of drug-likeness (QED) is 0.845. The monoisotopic (exact) mass is 232 g/mol. The van der Waals surface area contributed by atoms with E-state index in [0.717, 1.165) is 0 Å². The van der Waals surface area contributed by atoms with Crippen LogP contribution >= 0.6 is 11.6 Å². The minimum atomic E-state index is -0.606. The molecule has 1 unspecified atom stereocenters. The number of rotatable bonds is 5. The Morgan fingerprint density at radius 3 is 2.87 bits per heavy atom. The first-order valence-corrected chi connectivity index (χ1v) is 5.21. The van der Waals surface area contributed by atoms with E-state index in [4.69, 9.17) is 16.3 Å². The van der Waals surface area contributed by atoms with Crippen molar-refractivity contribution in [3.05, 3.63) is 34.6 Å². The molecule has 0 radical (unpaired) electrons. The molecule has 0 fully saturated rings. The van der Waals surface area contributed by atoms with E-state index in [9.17, 15) is 9.50 Å². The van der Waals surface area contributed by atoms with Crippen molar-refractivity contribution in [2.24, 2.45) is 0 Å². The van der Waals surface area contributed by atoms with Crippen molar-refractivity contribution in [1.29, 1.82) is 0 Å². The fourth-order valence-electron chi connectivity index (χ4n) is 1.25. The number of ether oxygens (including phenoxy) is 1. The minimum Gasteiger partial charge on any atom is -0.390 e. The van der Waals surface area contributed by atoms with Crippen LogP contribution in [-0.2, 0) is 11.2 Å². The third-order valence-electron chi connectivity index (χ3n) is 1.97. The normalized spacial score (nSPS) is 12.8. The lowest BCUT2D eigenvalue weighted by Gasteiger charge is -2.10. The topological polar surface area (TPSA) is 29.5 Å². The smallest absolute Gasteiger partial charge is 0.142 e. The fraction of sp³-hybridized carbons (Fsp3) is 0.455. The average Bonchev–Trinajstić information content (AvgIpc) is 2.20. The highest BCUT2D eigenvalue weighted by Gasteiger charge is 2.07. The van der Waals surface area contributed by atoms with E-state index < -0.39 is 11.9 Å². The van der Waals surface area contributed by atoms with Crippen LogP contribution in [0.5, 0.6) is 0 Å². The van der Waals surface area contributed by atoms with Gasteiger partial charge < -0.3 is 9.84 Å². The lowest BCUT2D eigenvalue weighted by Crippen LogP contribution is -2.18. The van der Waals surface area contributed by atoms with Crippen LogP contribution in [-0.4, -0.2) is 24.4 Å². The summed E-state index contributed by atoms with van der Waals surface area (Å²) in [5.41, 5.74) is 0.712. The molecule has 4 heteroatoms. The number of hydrogen-bond acceptors (Lipinski definition) is 2. The maximum Gasteiger partial charge on any atom is 0.142 e. The molecule has 0 aliphatic rings. The van der Waals surface area contributed by atoms with Crippen LogP contribution in [0.1, 0.15) is 12.5 Å². The van der Waals surface area contributed by atoms with E-state index in [1.807, 2.05) is 6.92 Å². The molecule has 0 spiro atoms. The molecule has 84 valence electrons. The Kier molecular flexibility index (Phi) is 5.02. The van der Waals surface area contributed by atoms with E-state index >= 15 is 0 Å². The van der Waals surface area contributed by atoms with Gasteiger partial charge in [0.2, 0.25) is 0 Å². The summed E-state index contributed by atoms with van der Waals surface area (Å²) in [6.45, 7) is 2.68. The molecular weight excluding hydrogens is 219 g/mol. The Hall–Kier alpha value is -0.640.